The van der Waals surface area contributed by atoms with Gasteiger partial charge in [0, 0.05) is 40.4 Å². The summed E-state index contributed by atoms with van der Waals surface area (Å²) in [6, 6.07) is -20.1. The van der Waals surface area contributed by atoms with Gasteiger partial charge in [-0.25, -0.2) is 0 Å². The molecule has 1 fully saturated rings. The molecule has 25 heavy (non-hydrogen) atoms. The summed E-state index contributed by atoms with van der Waals surface area (Å²) in [5, 5.41) is 11.2. The molecule has 0 amide bonds. The van der Waals surface area contributed by atoms with E-state index < -0.39 is 127 Å². The Morgan fingerprint density at radius 1 is 1.24 bits per heavy atom. The maximum Gasteiger partial charge on any atom is 0.164 e. The van der Waals surface area contributed by atoms with Crippen molar-refractivity contribution in [2.45, 2.75) is 50.0 Å². The molecule has 3 nitrogen and oxygen atoms in total. The SMILES string of the molecule is [2H]c1c([2H])c([2H])c(C(=O)C([2H])([2H])[C@]2([2H])N(C)[C@]([2H])(C([2H])([2H])[C@@H](O)c3c([2H])c([2H])c([2H])c([2H])c3[2H])C([2H])([2H])C([2H])([2H])C2([2H])[2H])c([2H])c1[2H]. The summed E-state index contributed by atoms with van der Waals surface area (Å²) in [6.07, 6.45) is -24.4. The van der Waals surface area contributed by atoms with Crippen molar-refractivity contribution < 1.29 is 40.1 Å². The fraction of sp³-hybridized carbons (Fsp3) is 0.409. The lowest BCUT2D eigenvalue weighted by Gasteiger charge is -2.40. The molecule has 0 unspecified atom stereocenters. The number of benzene rings is 2. The molecule has 0 aliphatic carbocycles. The predicted molar refractivity (Wildman–Crippen MR) is 101 cm³/mol. The maximum atomic E-state index is 13.8. The molecule has 0 spiro atoms. The van der Waals surface area contributed by atoms with Crippen LogP contribution in [0.1, 0.15) is 84.0 Å². The van der Waals surface area contributed by atoms with E-state index in [1.165, 1.54) is 0 Å². The quantitative estimate of drug-likeness (QED) is 0.785. The minimum atomic E-state index is -4.34. The van der Waals surface area contributed by atoms with Gasteiger partial charge in [-0.1, -0.05) is 66.8 Å². The highest BCUT2D eigenvalue weighted by molar-refractivity contribution is 5.96. The van der Waals surface area contributed by atoms with Crippen LogP contribution in [0.4, 0.5) is 0 Å². The summed E-state index contributed by atoms with van der Waals surface area (Å²) in [6.45, 7) is 0. The Kier molecular flexibility index (Phi) is 1.70. The van der Waals surface area contributed by atoms with E-state index in [0.717, 1.165) is 0 Å². The second-order valence-corrected chi connectivity index (χ2v) is 4.67. The number of carbonyl (C=O) groups excluding carboxylic acids is 1. The number of hydrogen-bond donors (Lipinski definition) is 1. The van der Waals surface area contributed by atoms with Gasteiger partial charge >= 0.3 is 0 Å². The number of aliphatic hydroxyl groups is 1. The summed E-state index contributed by atoms with van der Waals surface area (Å²) in [4.78, 5) is 13.4. The number of aliphatic hydroxyl groups excluding tert-OH is 1. The van der Waals surface area contributed by atoms with Crippen LogP contribution in [0.25, 0.3) is 0 Å². The summed E-state index contributed by atoms with van der Waals surface area (Å²) in [7, 11) is 0.352. The molecule has 0 bridgehead atoms. The monoisotopic (exact) mass is 359 g/mol. The first-order valence-electron chi connectivity index (χ1n) is 17.9. The van der Waals surface area contributed by atoms with Crippen LogP contribution in [0.2, 0.25) is 0 Å². The molecule has 0 saturated carbocycles. The molecular formula is C22H27NO2. The topological polar surface area (TPSA) is 40.5 Å². The first-order chi connectivity index (χ1) is 20.8. The van der Waals surface area contributed by atoms with E-state index in [1.807, 2.05) is 0 Å². The van der Waals surface area contributed by atoms with Crippen LogP contribution in [-0.4, -0.2) is 34.9 Å². The van der Waals surface area contributed by atoms with Crippen LogP contribution in [0, 0.1) is 0 Å². The van der Waals surface area contributed by atoms with E-state index in [1.54, 1.807) is 0 Å². The van der Waals surface area contributed by atoms with Gasteiger partial charge in [-0.3, -0.25) is 9.69 Å². The van der Waals surface area contributed by atoms with Gasteiger partial charge in [-0.2, -0.15) is 0 Å². The molecule has 1 heterocycles. The number of Topliss-reactive ketones (excluding diaryl/α,β-unsaturated/α-hetero) is 1. The minimum Gasteiger partial charge on any atom is -0.388 e. The first-order valence-corrected chi connectivity index (χ1v) is 6.93. The lowest BCUT2D eigenvalue weighted by Crippen LogP contribution is -2.45. The molecule has 3 heteroatoms. The second-order valence-electron chi connectivity index (χ2n) is 4.67. The molecule has 3 atom stereocenters. The zero-order valence-electron chi connectivity index (χ0n) is 34.9. The molecule has 0 radical (unpaired) electrons. The number of rotatable bonds is 6. The molecule has 0 aromatic heterocycles. The molecule has 1 aliphatic rings. The van der Waals surface area contributed by atoms with Gasteiger partial charge in [0.1, 0.15) is 0 Å². The van der Waals surface area contributed by atoms with Gasteiger partial charge in [0.25, 0.3) is 0 Å². The molecule has 1 N–H and O–H groups in total. The fourth-order valence-corrected chi connectivity index (χ4v) is 1.81. The highest BCUT2D eigenvalue weighted by atomic mass is 16.3. The maximum absolute atomic E-state index is 13.8. The largest absolute Gasteiger partial charge is 0.388 e. The van der Waals surface area contributed by atoms with Crippen molar-refractivity contribution in [2.75, 3.05) is 7.05 Å². The Morgan fingerprint density at radius 2 is 1.84 bits per heavy atom. The van der Waals surface area contributed by atoms with Crippen LogP contribution >= 0.6 is 0 Å². The highest BCUT2D eigenvalue weighted by Crippen LogP contribution is 2.30. The molecular weight excluding hydrogens is 310 g/mol. The Bertz CT molecular complexity index is 1620. The summed E-state index contributed by atoms with van der Waals surface area (Å²) >= 11 is 0. The Balaban J connectivity index is 2.46. The lowest BCUT2D eigenvalue weighted by molar-refractivity contribution is 0.0549. The van der Waals surface area contributed by atoms with Crippen molar-refractivity contribution in [3.63, 3.8) is 0 Å². The molecule has 132 valence electrons. The van der Waals surface area contributed by atoms with E-state index in [2.05, 4.69) is 0 Å². The number of hydrogen-bond acceptors (Lipinski definition) is 3. The first kappa shape index (κ1) is 5.05. The average Bonchev–Trinajstić information content (AvgIpc) is 2.98. The van der Waals surface area contributed by atoms with Crippen LogP contribution in [0.3, 0.4) is 0 Å². The Labute approximate surface area is 181 Å². The minimum absolute atomic E-state index is 0.352. The van der Waals surface area contributed by atoms with Gasteiger partial charge in [0.15, 0.2) is 5.78 Å². The van der Waals surface area contributed by atoms with Crippen molar-refractivity contribution in [3.05, 3.63) is 71.6 Å². The molecule has 1 aliphatic heterocycles. The average molecular weight is 360 g/mol. The molecule has 2 aromatic rings. The predicted octanol–water partition coefficient (Wildman–Crippen LogP) is 4.24. The highest BCUT2D eigenvalue weighted by Gasteiger charge is 2.30. The number of piperidine rings is 1. The van der Waals surface area contributed by atoms with Crippen molar-refractivity contribution in [2.24, 2.45) is 0 Å². The summed E-state index contributed by atoms with van der Waals surface area (Å²) in [5.41, 5.74) is -2.68. The number of likely N-dealkylation sites (tertiary alicyclic amines) is 1. The summed E-state index contributed by atoms with van der Waals surface area (Å²) in [5.74, 6) is -2.22. The third-order valence-corrected chi connectivity index (χ3v) is 3.06. The number of nitrogens with zero attached hydrogens (tertiary/aromatic N) is 1. The van der Waals surface area contributed by atoms with Crippen LogP contribution in [-0.2, 0) is 0 Å². The Hall–Kier alpha value is -1.97. The van der Waals surface area contributed by atoms with E-state index in [0.29, 0.717) is 7.05 Å². The van der Waals surface area contributed by atoms with E-state index in [-0.39, 0.29) is 4.90 Å². The van der Waals surface area contributed by atoms with Crippen molar-refractivity contribution in [1.82, 2.24) is 4.90 Å². The second kappa shape index (κ2) is 8.41. The van der Waals surface area contributed by atoms with E-state index >= 15 is 0 Å². The van der Waals surface area contributed by atoms with Gasteiger partial charge in [-0.05, 0) is 31.7 Å². The third-order valence-electron chi connectivity index (χ3n) is 3.06. The van der Waals surface area contributed by atoms with Gasteiger partial charge in [-0.15, -0.1) is 0 Å². The van der Waals surface area contributed by atoms with Crippen LogP contribution < -0.4 is 0 Å². The van der Waals surface area contributed by atoms with Crippen molar-refractivity contribution >= 4 is 5.78 Å². The van der Waals surface area contributed by atoms with Gasteiger partial charge < -0.3 is 5.11 Å². The summed E-state index contributed by atoms with van der Waals surface area (Å²) < 4.78 is 183. The van der Waals surface area contributed by atoms with Crippen molar-refractivity contribution in [3.8, 4) is 0 Å². The van der Waals surface area contributed by atoms with Gasteiger partial charge in [0.05, 0.1) is 19.8 Å². The van der Waals surface area contributed by atoms with Crippen LogP contribution in [0.15, 0.2) is 60.4 Å². The fourth-order valence-electron chi connectivity index (χ4n) is 1.81. The normalized spacial score (nSPS) is 48.2. The number of carbonyl (C=O) groups is 1. The third kappa shape index (κ3) is 4.56. The van der Waals surface area contributed by atoms with E-state index in [4.69, 9.17) is 30.2 Å². The number of ketones is 1. The van der Waals surface area contributed by atoms with Gasteiger partial charge in [0.2, 0.25) is 0 Å². The molecule has 2 aromatic carbocycles. The molecule has 1 saturated heterocycles. The van der Waals surface area contributed by atoms with Crippen LogP contribution in [0.5, 0.6) is 0 Å². The Morgan fingerprint density at radius 3 is 2.52 bits per heavy atom. The van der Waals surface area contributed by atoms with E-state index in [9.17, 15) is 9.90 Å². The molecule has 3 rings (SSSR count). The zero-order chi connectivity index (χ0) is 37.2. The standard InChI is InChI=1S/C22H27NO2/c1-23-19(15-21(24)17-9-4-2-5-10-17)13-8-14-20(23)16-22(25)18-11-6-3-7-12-18/h2-7,9-12,19-21,24H,8,13-16H2,1H3/t19-,20+,21+/m0/s1/i2D,3D,4D,5D,6D,7D,8D2,9D,10D,11D,12D,13D2,14D2,15D2,16D2,19D,20D. The van der Waals surface area contributed by atoms with Crippen molar-refractivity contribution in [1.29, 1.82) is 0 Å². The zero-order valence-corrected chi connectivity index (χ0v) is 12.9. The lowest BCUT2D eigenvalue weighted by atomic mass is 9.88. The smallest absolute Gasteiger partial charge is 0.164 e.